The first-order valence-corrected chi connectivity index (χ1v) is 4.68. The minimum absolute atomic E-state index is 0.180. The Morgan fingerprint density at radius 2 is 2.23 bits per heavy atom. The van der Waals surface area contributed by atoms with Crippen molar-refractivity contribution in [3.63, 3.8) is 0 Å². The molecule has 1 rings (SSSR count). The van der Waals surface area contributed by atoms with E-state index in [0.29, 0.717) is 9.26 Å². The normalized spacial score (nSPS) is 10.9. The van der Waals surface area contributed by atoms with Gasteiger partial charge in [-0.2, -0.15) is 0 Å². The quantitative estimate of drug-likeness (QED) is 0.672. The van der Waals surface area contributed by atoms with Gasteiger partial charge in [-0.25, -0.2) is 13.8 Å². The second-order valence-corrected chi connectivity index (χ2v) is 3.59. The molecule has 0 bridgehead atoms. The van der Waals surface area contributed by atoms with Gasteiger partial charge in [0.05, 0.1) is 6.61 Å². The molecule has 1 aromatic heterocycles. The minimum atomic E-state index is -2.58. The smallest absolute Gasteiger partial charge is 0.265 e. The molecule has 0 amide bonds. The third-order valence-corrected chi connectivity index (χ3v) is 2.91. The molecule has 1 heterocycles. The fourth-order valence-electron chi connectivity index (χ4n) is 1.04. The third kappa shape index (κ3) is 2.14. The first-order chi connectivity index (χ1) is 6.07. The molecule has 0 spiro atoms. The number of nitrogens with zero attached hydrogens (tertiary/aromatic N) is 1. The van der Waals surface area contributed by atoms with E-state index in [-0.39, 0.29) is 17.7 Å². The van der Waals surface area contributed by atoms with Crippen molar-refractivity contribution in [2.24, 2.45) is 0 Å². The summed E-state index contributed by atoms with van der Waals surface area (Å²) < 4.78 is 25.4. The molecule has 2 nitrogen and oxygen atoms in total. The highest BCUT2D eigenvalue weighted by atomic mass is 127. The molecule has 72 valence electrons. The number of hydrogen-bond acceptors (Lipinski definition) is 2. The molecular weight excluding hydrogens is 291 g/mol. The summed E-state index contributed by atoms with van der Waals surface area (Å²) in [6, 6.07) is 0. The van der Waals surface area contributed by atoms with Crippen LogP contribution in [0.5, 0.6) is 0 Å². The van der Waals surface area contributed by atoms with Gasteiger partial charge in [-0.3, -0.25) is 0 Å². The zero-order valence-electron chi connectivity index (χ0n) is 6.89. The first kappa shape index (κ1) is 10.8. The van der Waals surface area contributed by atoms with Crippen LogP contribution in [-0.2, 0) is 6.61 Å². The number of aliphatic hydroxyl groups is 1. The molecule has 13 heavy (non-hydrogen) atoms. The molecule has 0 radical (unpaired) electrons. The van der Waals surface area contributed by atoms with Crippen molar-refractivity contribution in [3.05, 3.63) is 26.6 Å². The number of halogens is 3. The maximum Gasteiger partial charge on any atom is 0.265 e. The van der Waals surface area contributed by atoms with Crippen molar-refractivity contribution < 1.29 is 13.9 Å². The van der Waals surface area contributed by atoms with E-state index in [0.717, 1.165) is 6.20 Å². The van der Waals surface area contributed by atoms with Gasteiger partial charge in [-0.1, -0.05) is 0 Å². The fraction of sp³-hybridized carbons (Fsp3) is 0.375. The van der Waals surface area contributed by atoms with E-state index < -0.39 is 6.43 Å². The molecule has 5 heteroatoms. The largest absolute Gasteiger partial charge is 0.392 e. The summed E-state index contributed by atoms with van der Waals surface area (Å²) in [7, 11) is 0. The number of aliphatic hydroxyl groups excluding tert-OH is 1. The van der Waals surface area contributed by atoms with E-state index >= 15 is 0 Å². The molecule has 0 aliphatic carbocycles. The predicted octanol–water partition coefficient (Wildman–Crippen LogP) is 2.42. The summed E-state index contributed by atoms with van der Waals surface area (Å²) in [6.45, 7) is 1.30. The maximum atomic E-state index is 12.4. The van der Waals surface area contributed by atoms with Gasteiger partial charge >= 0.3 is 0 Å². The van der Waals surface area contributed by atoms with Gasteiger partial charge < -0.3 is 5.11 Å². The Labute approximate surface area is 88.1 Å². The van der Waals surface area contributed by atoms with E-state index in [4.69, 9.17) is 5.11 Å². The van der Waals surface area contributed by atoms with Crippen molar-refractivity contribution in [1.82, 2.24) is 4.98 Å². The molecule has 0 aliphatic heterocycles. The van der Waals surface area contributed by atoms with Crippen molar-refractivity contribution >= 4 is 22.6 Å². The lowest BCUT2D eigenvalue weighted by Crippen LogP contribution is -2.02. The SMILES string of the molecule is Cc1c(I)ncc(C(F)F)c1CO. The lowest BCUT2D eigenvalue weighted by atomic mass is 10.1. The molecule has 0 saturated heterocycles. The molecule has 0 unspecified atom stereocenters. The van der Waals surface area contributed by atoms with Crippen LogP contribution in [0, 0.1) is 10.6 Å². The molecule has 0 aliphatic rings. The molecule has 0 aromatic carbocycles. The standard InChI is InChI=1S/C8H8F2INO/c1-4-6(3-13)5(7(9)10)2-12-8(4)11/h2,7,13H,3H2,1H3. The van der Waals surface area contributed by atoms with E-state index in [1.54, 1.807) is 6.92 Å². The summed E-state index contributed by atoms with van der Waals surface area (Å²) in [4.78, 5) is 3.80. The van der Waals surface area contributed by atoms with Crippen LogP contribution in [0.4, 0.5) is 8.78 Å². The molecule has 0 fully saturated rings. The molecule has 1 N–H and O–H groups in total. The van der Waals surface area contributed by atoms with Gasteiger partial charge in [0, 0.05) is 11.8 Å². The van der Waals surface area contributed by atoms with Gasteiger partial charge in [-0.05, 0) is 40.6 Å². The number of alkyl halides is 2. The zero-order chi connectivity index (χ0) is 10.0. The topological polar surface area (TPSA) is 33.1 Å². The summed E-state index contributed by atoms with van der Waals surface area (Å²) >= 11 is 1.95. The highest BCUT2D eigenvalue weighted by Crippen LogP contribution is 2.26. The Morgan fingerprint density at radius 1 is 1.62 bits per heavy atom. The molecular formula is C8H8F2INO. The average Bonchev–Trinajstić information content (AvgIpc) is 2.09. The Balaban J connectivity index is 3.30. The first-order valence-electron chi connectivity index (χ1n) is 3.60. The van der Waals surface area contributed by atoms with Gasteiger partial charge in [0.1, 0.15) is 3.70 Å². The summed E-state index contributed by atoms with van der Waals surface area (Å²) in [5.74, 6) is 0. The zero-order valence-corrected chi connectivity index (χ0v) is 9.05. The average molecular weight is 299 g/mol. The number of rotatable bonds is 2. The molecule has 1 aromatic rings. The molecule has 0 saturated carbocycles. The van der Waals surface area contributed by atoms with Gasteiger partial charge in [0.25, 0.3) is 6.43 Å². The van der Waals surface area contributed by atoms with Gasteiger partial charge in [0.2, 0.25) is 0 Å². The van der Waals surface area contributed by atoms with Crippen molar-refractivity contribution in [3.8, 4) is 0 Å². The van der Waals surface area contributed by atoms with Crippen LogP contribution >= 0.6 is 22.6 Å². The number of hydrogen-bond donors (Lipinski definition) is 1. The second-order valence-electron chi connectivity index (χ2n) is 2.57. The van der Waals surface area contributed by atoms with Crippen LogP contribution in [-0.4, -0.2) is 10.1 Å². The van der Waals surface area contributed by atoms with Crippen LogP contribution in [0.2, 0.25) is 0 Å². The van der Waals surface area contributed by atoms with Crippen LogP contribution in [0.25, 0.3) is 0 Å². The van der Waals surface area contributed by atoms with Crippen LogP contribution in [0.3, 0.4) is 0 Å². The van der Waals surface area contributed by atoms with E-state index in [9.17, 15) is 8.78 Å². The Hall–Kier alpha value is -0.300. The van der Waals surface area contributed by atoms with E-state index in [1.165, 1.54) is 0 Å². The Kier molecular flexibility index (Phi) is 3.55. The highest BCUT2D eigenvalue weighted by Gasteiger charge is 2.16. The van der Waals surface area contributed by atoms with Crippen molar-refractivity contribution in [2.75, 3.05) is 0 Å². The van der Waals surface area contributed by atoms with E-state index in [2.05, 4.69) is 4.98 Å². The number of aromatic nitrogens is 1. The van der Waals surface area contributed by atoms with Crippen molar-refractivity contribution in [1.29, 1.82) is 0 Å². The van der Waals surface area contributed by atoms with Gasteiger partial charge in [-0.15, -0.1) is 0 Å². The van der Waals surface area contributed by atoms with Crippen molar-refractivity contribution in [2.45, 2.75) is 20.0 Å². The minimum Gasteiger partial charge on any atom is -0.392 e. The summed E-state index contributed by atoms with van der Waals surface area (Å²) in [6.07, 6.45) is -1.46. The van der Waals surface area contributed by atoms with Crippen LogP contribution in [0.15, 0.2) is 6.20 Å². The third-order valence-electron chi connectivity index (χ3n) is 1.82. The summed E-state index contributed by atoms with van der Waals surface area (Å²) in [5.41, 5.74) is 0.732. The monoisotopic (exact) mass is 299 g/mol. The molecule has 0 atom stereocenters. The van der Waals surface area contributed by atoms with E-state index in [1.807, 2.05) is 22.6 Å². The highest BCUT2D eigenvalue weighted by molar-refractivity contribution is 14.1. The van der Waals surface area contributed by atoms with Crippen LogP contribution < -0.4 is 0 Å². The number of pyridine rings is 1. The lowest BCUT2D eigenvalue weighted by Gasteiger charge is -2.09. The second kappa shape index (κ2) is 4.28. The predicted molar refractivity (Wildman–Crippen MR) is 52.6 cm³/mol. The summed E-state index contributed by atoms with van der Waals surface area (Å²) in [5, 5.41) is 8.91. The Bertz CT molecular complexity index is 317. The van der Waals surface area contributed by atoms with Gasteiger partial charge in [0.15, 0.2) is 0 Å². The maximum absolute atomic E-state index is 12.4. The fourth-order valence-corrected chi connectivity index (χ4v) is 1.50. The lowest BCUT2D eigenvalue weighted by molar-refractivity contribution is 0.146. The Morgan fingerprint density at radius 3 is 2.69 bits per heavy atom. The van der Waals surface area contributed by atoms with Crippen LogP contribution in [0.1, 0.15) is 23.1 Å².